The Bertz CT molecular complexity index is 846. The van der Waals surface area contributed by atoms with Crippen LogP contribution in [-0.2, 0) is 16.1 Å². The Labute approximate surface area is 126 Å². The van der Waals surface area contributed by atoms with Crippen molar-refractivity contribution >= 4 is 28.5 Å². The van der Waals surface area contributed by atoms with Crippen molar-refractivity contribution in [2.24, 2.45) is 0 Å². The molecule has 0 unspecified atom stereocenters. The minimum Gasteiger partial charge on any atom is -0.421 e. The summed E-state index contributed by atoms with van der Waals surface area (Å²) in [4.78, 5) is 38.3. The van der Waals surface area contributed by atoms with Gasteiger partial charge < -0.3 is 9.32 Å². The van der Waals surface area contributed by atoms with E-state index in [2.05, 4.69) is 0 Å². The molecular formula is C16H14N2O4. The first-order valence-corrected chi connectivity index (χ1v) is 6.73. The van der Waals surface area contributed by atoms with E-state index in [0.29, 0.717) is 17.5 Å². The SMILES string of the molecule is CN(C)Cc1ccc2cc(N3C(=O)C=CC3=O)c(=O)oc2c1. The van der Waals surface area contributed by atoms with Gasteiger partial charge in [-0.15, -0.1) is 0 Å². The Hall–Kier alpha value is -2.73. The van der Waals surface area contributed by atoms with Crippen LogP contribution in [0, 0.1) is 0 Å². The summed E-state index contributed by atoms with van der Waals surface area (Å²) in [5.74, 6) is -1.08. The van der Waals surface area contributed by atoms with Gasteiger partial charge in [-0.2, -0.15) is 0 Å². The predicted octanol–water partition coefficient (Wildman–Crippen LogP) is 1.28. The van der Waals surface area contributed by atoms with E-state index < -0.39 is 17.4 Å². The lowest BCUT2D eigenvalue weighted by Crippen LogP contribution is -2.33. The van der Waals surface area contributed by atoms with Crippen molar-refractivity contribution in [1.82, 2.24) is 4.90 Å². The van der Waals surface area contributed by atoms with Crippen molar-refractivity contribution in [1.29, 1.82) is 0 Å². The van der Waals surface area contributed by atoms with Gasteiger partial charge >= 0.3 is 5.63 Å². The van der Waals surface area contributed by atoms with E-state index in [-0.39, 0.29) is 5.69 Å². The monoisotopic (exact) mass is 298 g/mol. The number of benzene rings is 1. The summed E-state index contributed by atoms with van der Waals surface area (Å²) in [6.07, 6.45) is 2.26. The Morgan fingerprint density at radius 3 is 2.36 bits per heavy atom. The fraction of sp³-hybridized carbons (Fsp3) is 0.188. The molecule has 0 aliphatic carbocycles. The molecule has 6 nitrogen and oxygen atoms in total. The highest BCUT2D eigenvalue weighted by molar-refractivity contribution is 6.28. The molecule has 0 saturated heterocycles. The lowest BCUT2D eigenvalue weighted by molar-refractivity contribution is -0.120. The van der Waals surface area contributed by atoms with Crippen molar-refractivity contribution in [3.8, 4) is 0 Å². The molecular weight excluding hydrogens is 284 g/mol. The summed E-state index contributed by atoms with van der Waals surface area (Å²) in [5, 5.41) is 0.657. The summed E-state index contributed by atoms with van der Waals surface area (Å²) in [6.45, 7) is 0.717. The smallest absolute Gasteiger partial charge is 0.360 e. The Balaban J connectivity index is 2.08. The summed E-state index contributed by atoms with van der Waals surface area (Å²) in [5.41, 5.74) is 0.663. The lowest BCUT2D eigenvalue weighted by atomic mass is 10.1. The summed E-state index contributed by atoms with van der Waals surface area (Å²) in [6, 6.07) is 7.01. The molecule has 6 heteroatoms. The summed E-state index contributed by atoms with van der Waals surface area (Å²) >= 11 is 0. The van der Waals surface area contributed by atoms with Gasteiger partial charge in [0.1, 0.15) is 11.3 Å². The number of carbonyl (C=O) groups is 2. The Morgan fingerprint density at radius 1 is 1.05 bits per heavy atom. The topological polar surface area (TPSA) is 70.8 Å². The number of anilines is 1. The van der Waals surface area contributed by atoms with Crippen LogP contribution in [0.1, 0.15) is 5.56 Å². The van der Waals surface area contributed by atoms with Gasteiger partial charge in [0.25, 0.3) is 11.8 Å². The molecule has 1 aromatic heterocycles. The van der Waals surface area contributed by atoms with E-state index in [1.165, 1.54) is 6.07 Å². The molecule has 2 amide bonds. The van der Waals surface area contributed by atoms with E-state index in [1.54, 1.807) is 12.1 Å². The number of nitrogens with zero attached hydrogens (tertiary/aromatic N) is 2. The number of hydrogen-bond acceptors (Lipinski definition) is 5. The first-order chi connectivity index (χ1) is 10.5. The van der Waals surface area contributed by atoms with Crippen LogP contribution in [0.25, 0.3) is 11.0 Å². The van der Waals surface area contributed by atoms with E-state index in [0.717, 1.165) is 22.6 Å². The molecule has 2 heterocycles. The van der Waals surface area contributed by atoms with E-state index in [4.69, 9.17) is 4.42 Å². The van der Waals surface area contributed by atoms with Crippen molar-refractivity contribution < 1.29 is 14.0 Å². The first kappa shape index (κ1) is 14.2. The van der Waals surface area contributed by atoms with Gasteiger partial charge in [-0.05, 0) is 31.8 Å². The summed E-state index contributed by atoms with van der Waals surface area (Å²) < 4.78 is 5.28. The molecule has 1 aromatic carbocycles. The van der Waals surface area contributed by atoms with Crippen LogP contribution in [0.2, 0.25) is 0 Å². The maximum Gasteiger partial charge on any atom is 0.360 e. The Morgan fingerprint density at radius 2 is 1.73 bits per heavy atom. The van der Waals surface area contributed by atoms with Gasteiger partial charge in [0.2, 0.25) is 0 Å². The maximum absolute atomic E-state index is 12.1. The molecule has 0 spiro atoms. The quantitative estimate of drug-likeness (QED) is 0.630. The third-order valence-electron chi connectivity index (χ3n) is 3.33. The zero-order chi connectivity index (χ0) is 15.9. The van der Waals surface area contributed by atoms with E-state index in [9.17, 15) is 14.4 Å². The fourth-order valence-corrected chi connectivity index (χ4v) is 2.40. The van der Waals surface area contributed by atoms with E-state index >= 15 is 0 Å². The third-order valence-corrected chi connectivity index (χ3v) is 3.33. The normalized spacial score (nSPS) is 14.6. The van der Waals surface area contributed by atoms with Crippen molar-refractivity contribution in [3.63, 3.8) is 0 Å². The van der Waals surface area contributed by atoms with Crippen molar-refractivity contribution in [2.45, 2.75) is 6.54 Å². The highest BCUT2D eigenvalue weighted by atomic mass is 16.4. The molecule has 1 aliphatic rings. The second kappa shape index (κ2) is 5.23. The molecule has 0 N–H and O–H groups in total. The average Bonchev–Trinajstić information content (AvgIpc) is 2.77. The van der Waals surface area contributed by atoms with Gasteiger partial charge in [-0.25, -0.2) is 9.69 Å². The zero-order valence-electron chi connectivity index (χ0n) is 12.2. The van der Waals surface area contributed by atoms with Crippen LogP contribution >= 0.6 is 0 Å². The Kier molecular flexibility index (Phi) is 3.38. The van der Waals surface area contributed by atoms with Gasteiger partial charge in [0.05, 0.1) is 0 Å². The van der Waals surface area contributed by atoms with Gasteiger partial charge in [0.15, 0.2) is 0 Å². The predicted molar refractivity (Wildman–Crippen MR) is 81.5 cm³/mol. The van der Waals surface area contributed by atoms with Gasteiger partial charge in [0, 0.05) is 24.1 Å². The number of amides is 2. The largest absolute Gasteiger partial charge is 0.421 e. The molecule has 0 atom stereocenters. The van der Waals surface area contributed by atoms with Crippen LogP contribution in [0.15, 0.2) is 45.6 Å². The third kappa shape index (κ3) is 2.44. The zero-order valence-corrected chi connectivity index (χ0v) is 12.2. The number of carbonyl (C=O) groups excluding carboxylic acids is 2. The molecule has 0 saturated carbocycles. The molecule has 0 fully saturated rings. The number of imide groups is 1. The first-order valence-electron chi connectivity index (χ1n) is 6.73. The molecule has 0 bridgehead atoms. The van der Waals surface area contributed by atoms with Crippen LogP contribution in [0.4, 0.5) is 5.69 Å². The molecule has 22 heavy (non-hydrogen) atoms. The molecule has 0 radical (unpaired) electrons. The highest BCUT2D eigenvalue weighted by Crippen LogP contribution is 2.22. The molecule has 3 rings (SSSR count). The highest BCUT2D eigenvalue weighted by Gasteiger charge is 2.28. The fourth-order valence-electron chi connectivity index (χ4n) is 2.40. The van der Waals surface area contributed by atoms with Crippen molar-refractivity contribution in [3.05, 3.63) is 52.4 Å². The summed E-state index contributed by atoms with van der Waals surface area (Å²) in [7, 11) is 3.89. The van der Waals surface area contributed by atoms with Crippen LogP contribution in [0.5, 0.6) is 0 Å². The number of hydrogen-bond donors (Lipinski definition) is 0. The minimum absolute atomic E-state index is 0.0622. The average molecular weight is 298 g/mol. The maximum atomic E-state index is 12.1. The van der Waals surface area contributed by atoms with Crippen LogP contribution in [-0.4, -0.2) is 30.8 Å². The van der Waals surface area contributed by atoms with Gasteiger partial charge in [-0.3, -0.25) is 9.59 Å². The van der Waals surface area contributed by atoms with Crippen molar-refractivity contribution in [2.75, 3.05) is 19.0 Å². The number of fused-ring (bicyclic) bond motifs is 1. The minimum atomic E-state index is -0.708. The lowest BCUT2D eigenvalue weighted by Gasteiger charge is -2.13. The molecule has 1 aliphatic heterocycles. The second-order valence-corrected chi connectivity index (χ2v) is 5.37. The molecule has 2 aromatic rings. The second-order valence-electron chi connectivity index (χ2n) is 5.37. The van der Waals surface area contributed by atoms with Crippen LogP contribution in [0.3, 0.4) is 0 Å². The molecule has 112 valence electrons. The van der Waals surface area contributed by atoms with Gasteiger partial charge in [-0.1, -0.05) is 12.1 Å². The van der Waals surface area contributed by atoms with Crippen LogP contribution < -0.4 is 10.5 Å². The number of rotatable bonds is 3. The van der Waals surface area contributed by atoms with E-state index in [1.807, 2.05) is 25.1 Å². The standard InChI is InChI=1S/C16H14N2O4/c1-17(2)9-10-3-4-11-8-12(16(21)22-13(11)7-10)18-14(19)5-6-15(18)20/h3-8H,9H2,1-2H3.